The average Bonchev–Trinajstić information content (AvgIpc) is 2.71. The van der Waals surface area contributed by atoms with Gasteiger partial charge in [0.15, 0.2) is 11.5 Å². The summed E-state index contributed by atoms with van der Waals surface area (Å²) >= 11 is 0. The molecule has 4 nitrogen and oxygen atoms in total. The summed E-state index contributed by atoms with van der Waals surface area (Å²) in [6.45, 7) is 6.69. The SMILES string of the molecule is CCCCCCCC(=O)Oc1ccccc1OC(=O)CCCCCCCCC(C)C. The van der Waals surface area contributed by atoms with Gasteiger partial charge in [-0.15, -0.1) is 0 Å². The Morgan fingerprint density at radius 1 is 0.700 bits per heavy atom. The lowest BCUT2D eigenvalue weighted by molar-refractivity contribution is -0.137. The summed E-state index contributed by atoms with van der Waals surface area (Å²) in [5.41, 5.74) is 0. The molecule has 0 aliphatic carbocycles. The van der Waals surface area contributed by atoms with Crippen LogP contribution < -0.4 is 9.47 Å². The molecule has 0 spiro atoms. The second-order valence-corrected chi connectivity index (χ2v) is 8.61. The van der Waals surface area contributed by atoms with E-state index in [2.05, 4.69) is 20.8 Å². The maximum absolute atomic E-state index is 12.2. The van der Waals surface area contributed by atoms with Crippen molar-refractivity contribution < 1.29 is 19.1 Å². The van der Waals surface area contributed by atoms with E-state index in [-0.39, 0.29) is 11.9 Å². The Labute approximate surface area is 183 Å². The first-order chi connectivity index (χ1) is 14.5. The highest BCUT2D eigenvalue weighted by Gasteiger charge is 2.13. The first kappa shape index (κ1) is 26.2. The molecule has 0 aliphatic rings. The maximum atomic E-state index is 12.2. The number of para-hydroxylation sites is 2. The van der Waals surface area contributed by atoms with E-state index < -0.39 is 0 Å². The molecule has 0 aromatic heterocycles. The molecule has 1 aromatic carbocycles. The lowest BCUT2D eigenvalue weighted by Crippen LogP contribution is -2.12. The molecule has 0 aliphatic heterocycles. The van der Waals surface area contributed by atoms with Gasteiger partial charge in [-0.05, 0) is 30.9 Å². The summed E-state index contributed by atoms with van der Waals surface area (Å²) < 4.78 is 10.9. The standard InChI is InChI=1S/C26H42O4/c1-4-5-6-9-13-20-25(27)29-23-18-15-16-19-24(23)30-26(28)21-14-11-8-7-10-12-17-22(2)3/h15-16,18-19,22H,4-14,17,20-21H2,1-3H3. The Hall–Kier alpha value is -1.84. The number of carbonyl (C=O) groups is 2. The number of unbranched alkanes of at least 4 members (excludes halogenated alkanes) is 9. The van der Waals surface area contributed by atoms with Crippen LogP contribution in [0.4, 0.5) is 0 Å². The van der Waals surface area contributed by atoms with Gasteiger partial charge in [0.2, 0.25) is 0 Å². The van der Waals surface area contributed by atoms with E-state index in [0.717, 1.165) is 44.4 Å². The van der Waals surface area contributed by atoms with Crippen molar-refractivity contribution in [1.29, 1.82) is 0 Å². The zero-order valence-corrected chi connectivity index (χ0v) is 19.4. The van der Waals surface area contributed by atoms with E-state index in [0.29, 0.717) is 24.3 Å². The number of ether oxygens (including phenoxy) is 2. The molecule has 0 saturated heterocycles. The predicted octanol–water partition coefficient (Wildman–Crippen LogP) is 7.63. The molecule has 30 heavy (non-hydrogen) atoms. The van der Waals surface area contributed by atoms with Crippen LogP contribution in [0, 0.1) is 5.92 Å². The van der Waals surface area contributed by atoms with Crippen molar-refractivity contribution in [3.8, 4) is 11.5 Å². The van der Waals surface area contributed by atoms with Crippen molar-refractivity contribution in [3.63, 3.8) is 0 Å². The molecule has 0 fully saturated rings. The first-order valence-corrected chi connectivity index (χ1v) is 12.0. The van der Waals surface area contributed by atoms with Crippen molar-refractivity contribution in [3.05, 3.63) is 24.3 Å². The van der Waals surface area contributed by atoms with E-state index in [4.69, 9.17) is 9.47 Å². The number of esters is 2. The summed E-state index contributed by atoms with van der Waals surface area (Å²) in [5, 5.41) is 0. The average molecular weight is 419 g/mol. The van der Waals surface area contributed by atoms with E-state index in [1.807, 2.05) is 0 Å². The molecule has 170 valence electrons. The second-order valence-electron chi connectivity index (χ2n) is 8.61. The molecular weight excluding hydrogens is 376 g/mol. The minimum Gasteiger partial charge on any atom is -0.423 e. The van der Waals surface area contributed by atoms with Gasteiger partial charge in [-0.1, -0.05) is 97.1 Å². The second kappa shape index (κ2) is 16.9. The third kappa shape index (κ3) is 13.4. The Balaban J connectivity index is 2.26. The molecule has 0 radical (unpaired) electrons. The Kier molecular flexibility index (Phi) is 14.8. The zero-order chi connectivity index (χ0) is 22.0. The van der Waals surface area contributed by atoms with E-state index in [1.165, 1.54) is 38.5 Å². The third-order valence-corrected chi connectivity index (χ3v) is 5.19. The van der Waals surface area contributed by atoms with E-state index in [1.54, 1.807) is 24.3 Å². The molecule has 4 heteroatoms. The van der Waals surface area contributed by atoms with Crippen molar-refractivity contribution >= 4 is 11.9 Å². The zero-order valence-electron chi connectivity index (χ0n) is 19.4. The smallest absolute Gasteiger partial charge is 0.311 e. The van der Waals surface area contributed by atoms with Crippen molar-refractivity contribution in [2.75, 3.05) is 0 Å². The van der Waals surface area contributed by atoms with Gasteiger partial charge in [0.05, 0.1) is 0 Å². The van der Waals surface area contributed by atoms with E-state index in [9.17, 15) is 9.59 Å². The van der Waals surface area contributed by atoms with Crippen LogP contribution in [0.3, 0.4) is 0 Å². The van der Waals surface area contributed by atoms with Crippen LogP contribution in [0.15, 0.2) is 24.3 Å². The minimum atomic E-state index is -0.271. The monoisotopic (exact) mass is 418 g/mol. The predicted molar refractivity (Wildman–Crippen MR) is 123 cm³/mol. The van der Waals surface area contributed by atoms with Gasteiger partial charge in [-0.2, -0.15) is 0 Å². The van der Waals surface area contributed by atoms with Gasteiger partial charge in [-0.3, -0.25) is 9.59 Å². The Bertz CT molecular complexity index is 594. The quantitative estimate of drug-likeness (QED) is 0.148. The number of hydrogen-bond acceptors (Lipinski definition) is 4. The summed E-state index contributed by atoms with van der Waals surface area (Å²) in [6, 6.07) is 6.91. The van der Waals surface area contributed by atoms with Gasteiger partial charge in [0, 0.05) is 12.8 Å². The van der Waals surface area contributed by atoms with Gasteiger partial charge >= 0.3 is 11.9 Å². The number of carbonyl (C=O) groups excluding carboxylic acids is 2. The van der Waals surface area contributed by atoms with Crippen molar-refractivity contribution in [2.45, 2.75) is 111 Å². The number of rotatable bonds is 17. The van der Waals surface area contributed by atoms with Crippen molar-refractivity contribution in [2.24, 2.45) is 5.92 Å². The largest absolute Gasteiger partial charge is 0.423 e. The summed E-state index contributed by atoms with van der Waals surface area (Å²) in [6.07, 6.45) is 14.3. The van der Waals surface area contributed by atoms with E-state index >= 15 is 0 Å². The van der Waals surface area contributed by atoms with Gasteiger partial charge in [-0.25, -0.2) is 0 Å². The molecule has 0 amide bonds. The highest BCUT2D eigenvalue weighted by atomic mass is 16.6. The molecule has 1 rings (SSSR count). The highest BCUT2D eigenvalue weighted by Crippen LogP contribution is 2.27. The summed E-state index contributed by atoms with van der Waals surface area (Å²) in [4.78, 5) is 24.2. The third-order valence-electron chi connectivity index (χ3n) is 5.19. The summed E-state index contributed by atoms with van der Waals surface area (Å²) in [5.74, 6) is 0.906. The summed E-state index contributed by atoms with van der Waals surface area (Å²) in [7, 11) is 0. The lowest BCUT2D eigenvalue weighted by Gasteiger charge is -2.10. The fourth-order valence-corrected chi connectivity index (χ4v) is 3.37. The first-order valence-electron chi connectivity index (χ1n) is 12.0. The molecule has 0 atom stereocenters. The molecule has 0 heterocycles. The Morgan fingerprint density at radius 3 is 1.60 bits per heavy atom. The van der Waals surface area contributed by atoms with Crippen LogP contribution in [0.2, 0.25) is 0 Å². The molecule has 1 aromatic rings. The van der Waals surface area contributed by atoms with Crippen LogP contribution in [-0.2, 0) is 9.59 Å². The fraction of sp³-hybridized carbons (Fsp3) is 0.692. The lowest BCUT2D eigenvalue weighted by atomic mass is 10.0. The van der Waals surface area contributed by atoms with Gasteiger partial charge in [0.1, 0.15) is 0 Å². The molecule has 0 unspecified atom stereocenters. The number of benzene rings is 1. The maximum Gasteiger partial charge on any atom is 0.311 e. The van der Waals surface area contributed by atoms with Crippen LogP contribution in [0.25, 0.3) is 0 Å². The molecule has 0 bridgehead atoms. The van der Waals surface area contributed by atoms with Crippen LogP contribution in [0.5, 0.6) is 11.5 Å². The molecular formula is C26H42O4. The fourth-order valence-electron chi connectivity index (χ4n) is 3.37. The minimum absolute atomic E-state index is 0.266. The topological polar surface area (TPSA) is 52.6 Å². The van der Waals surface area contributed by atoms with Gasteiger partial charge in [0.25, 0.3) is 0 Å². The van der Waals surface area contributed by atoms with Crippen LogP contribution >= 0.6 is 0 Å². The molecule has 0 saturated carbocycles. The van der Waals surface area contributed by atoms with Crippen LogP contribution in [-0.4, -0.2) is 11.9 Å². The molecule has 0 N–H and O–H groups in total. The number of hydrogen-bond donors (Lipinski definition) is 0. The van der Waals surface area contributed by atoms with Crippen LogP contribution in [0.1, 0.15) is 111 Å². The van der Waals surface area contributed by atoms with Gasteiger partial charge < -0.3 is 9.47 Å². The van der Waals surface area contributed by atoms with Crippen molar-refractivity contribution in [1.82, 2.24) is 0 Å². The highest BCUT2D eigenvalue weighted by molar-refractivity contribution is 5.76. The normalized spacial score (nSPS) is 10.9. The Morgan fingerprint density at radius 2 is 1.13 bits per heavy atom.